The number of nitrogens with zero attached hydrogens (tertiary/aromatic N) is 3. The number of pyridine rings is 1. The van der Waals surface area contributed by atoms with Crippen LogP contribution >= 0.6 is 0 Å². The van der Waals surface area contributed by atoms with Crippen LogP contribution in [-0.4, -0.2) is 20.7 Å². The molecule has 0 bridgehead atoms. The van der Waals surface area contributed by atoms with Crippen LogP contribution in [0, 0.1) is 5.82 Å². The van der Waals surface area contributed by atoms with Gasteiger partial charge in [-0.15, -0.1) is 0 Å². The molecule has 4 rings (SSSR count). The molecule has 0 saturated heterocycles. The summed E-state index contributed by atoms with van der Waals surface area (Å²) in [6.45, 7) is 0.315. The second-order valence-corrected chi connectivity index (χ2v) is 6.81. The standard InChI is InChI=1S/C21H21FN4O/c22-16-10-8-15(9-11-16)21(27)24-14-17-13-20(19-7-3-4-12-23-19)26(25-17)18-5-1-2-6-18/h3-4,7-13,18H,1-2,5-6,14H2,(H,24,27). The van der Waals surface area contributed by atoms with Gasteiger partial charge in [0.1, 0.15) is 5.82 Å². The largest absolute Gasteiger partial charge is 0.346 e. The predicted octanol–water partition coefficient (Wildman–Crippen LogP) is 4.13. The molecule has 1 saturated carbocycles. The summed E-state index contributed by atoms with van der Waals surface area (Å²) in [5, 5.41) is 7.61. The Balaban J connectivity index is 1.54. The first-order valence-electron chi connectivity index (χ1n) is 9.24. The monoisotopic (exact) mass is 364 g/mol. The number of carbonyl (C=O) groups excluding carboxylic acids is 1. The van der Waals surface area contributed by atoms with Gasteiger partial charge in [0.25, 0.3) is 5.91 Å². The Bertz CT molecular complexity index is 915. The Hall–Kier alpha value is -3.02. The summed E-state index contributed by atoms with van der Waals surface area (Å²) in [6.07, 6.45) is 6.43. The van der Waals surface area contributed by atoms with E-state index < -0.39 is 0 Å². The average molecular weight is 364 g/mol. The summed E-state index contributed by atoms with van der Waals surface area (Å²) >= 11 is 0. The van der Waals surface area contributed by atoms with Crippen LogP contribution in [0.3, 0.4) is 0 Å². The van der Waals surface area contributed by atoms with Crippen molar-refractivity contribution in [2.45, 2.75) is 38.3 Å². The minimum Gasteiger partial charge on any atom is -0.346 e. The second kappa shape index (κ2) is 7.70. The summed E-state index contributed by atoms with van der Waals surface area (Å²) in [6, 6.07) is 13.7. The molecule has 1 aromatic carbocycles. The quantitative estimate of drug-likeness (QED) is 0.740. The molecule has 1 fully saturated rings. The molecular formula is C21H21FN4O. The van der Waals surface area contributed by atoms with Gasteiger partial charge in [-0.05, 0) is 55.3 Å². The molecule has 2 aromatic heterocycles. The van der Waals surface area contributed by atoms with Gasteiger partial charge in [0.05, 0.1) is 29.7 Å². The van der Waals surface area contributed by atoms with E-state index in [9.17, 15) is 9.18 Å². The van der Waals surface area contributed by atoms with Gasteiger partial charge in [-0.2, -0.15) is 5.10 Å². The highest BCUT2D eigenvalue weighted by atomic mass is 19.1. The third-order valence-corrected chi connectivity index (χ3v) is 4.92. The first-order chi connectivity index (χ1) is 13.2. The summed E-state index contributed by atoms with van der Waals surface area (Å²) in [7, 11) is 0. The molecule has 2 heterocycles. The number of rotatable bonds is 5. The van der Waals surface area contributed by atoms with E-state index in [4.69, 9.17) is 5.10 Å². The third-order valence-electron chi connectivity index (χ3n) is 4.92. The number of hydrogen-bond donors (Lipinski definition) is 1. The molecule has 1 amide bonds. The van der Waals surface area contributed by atoms with Crippen LogP contribution < -0.4 is 5.32 Å². The molecule has 0 unspecified atom stereocenters. The van der Waals surface area contributed by atoms with Crippen molar-refractivity contribution < 1.29 is 9.18 Å². The minimum absolute atomic E-state index is 0.246. The van der Waals surface area contributed by atoms with Gasteiger partial charge < -0.3 is 5.32 Å². The van der Waals surface area contributed by atoms with Crippen molar-refractivity contribution in [3.8, 4) is 11.4 Å². The molecule has 1 N–H and O–H groups in total. The number of nitrogens with one attached hydrogen (secondary N) is 1. The smallest absolute Gasteiger partial charge is 0.251 e. The van der Waals surface area contributed by atoms with E-state index in [0.717, 1.165) is 29.9 Å². The van der Waals surface area contributed by atoms with Crippen molar-refractivity contribution in [1.82, 2.24) is 20.1 Å². The Morgan fingerprint density at radius 1 is 1.15 bits per heavy atom. The lowest BCUT2D eigenvalue weighted by atomic mass is 10.2. The van der Waals surface area contributed by atoms with Crippen molar-refractivity contribution in [1.29, 1.82) is 0 Å². The van der Waals surface area contributed by atoms with Crippen LogP contribution in [0.25, 0.3) is 11.4 Å². The van der Waals surface area contributed by atoms with E-state index in [0.29, 0.717) is 18.2 Å². The van der Waals surface area contributed by atoms with Gasteiger partial charge in [0.15, 0.2) is 0 Å². The maximum Gasteiger partial charge on any atom is 0.251 e. The Kier molecular flexibility index (Phi) is 4.96. The molecule has 1 aliphatic rings. The fourth-order valence-electron chi connectivity index (χ4n) is 3.54. The number of halogens is 1. The zero-order valence-corrected chi connectivity index (χ0v) is 14.9. The maximum atomic E-state index is 13.0. The second-order valence-electron chi connectivity index (χ2n) is 6.81. The highest BCUT2D eigenvalue weighted by Crippen LogP contribution is 2.33. The van der Waals surface area contributed by atoms with E-state index in [1.54, 1.807) is 6.20 Å². The first kappa shape index (κ1) is 17.4. The SMILES string of the molecule is O=C(NCc1cc(-c2ccccn2)n(C2CCCC2)n1)c1ccc(F)cc1. The molecule has 0 aliphatic heterocycles. The topological polar surface area (TPSA) is 59.8 Å². The van der Waals surface area contributed by atoms with E-state index in [1.165, 1.54) is 37.1 Å². The number of carbonyl (C=O) groups is 1. The van der Waals surface area contributed by atoms with Gasteiger partial charge in [0, 0.05) is 11.8 Å². The lowest BCUT2D eigenvalue weighted by Crippen LogP contribution is -2.23. The zero-order valence-electron chi connectivity index (χ0n) is 14.9. The summed E-state index contributed by atoms with van der Waals surface area (Å²) < 4.78 is 15.1. The van der Waals surface area contributed by atoms with Crippen molar-refractivity contribution >= 4 is 5.91 Å². The van der Waals surface area contributed by atoms with Gasteiger partial charge in [-0.25, -0.2) is 4.39 Å². The van der Waals surface area contributed by atoms with E-state index in [-0.39, 0.29) is 11.7 Å². The summed E-state index contributed by atoms with van der Waals surface area (Å²) in [5.41, 5.74) is 3.08. The highest BCUT2D eigenvalue weighted by Gasteiger charge is 2.22. The van der Waals surface area contributed by atoms with Crippen LogP contribution in [-0.2, 0) is 6.54 Å². The Morgan fingerprint density at radius 2 is 1.93 bits per heavy atom. The minimum atomic E-state index is -0.359. The van der Waals surface area contributed by atoms with Gasteiger partial charge in [0.2, 0.25) is 0 Å². The Labute approximate surface area is 157 Å². The third kappa shape index (κ3) is 3.89. The molecule has 138 valence electrons. The highest BCUT2D eigenvalue weighted by molar-refractivity contribution is 5.94. The normalized spacial score (nSPS) is 14.4. The van der Waals surface area contributed by atoms with Crippen molar-refractivity contribution in [3.05, 3.63) is 71.8 Å². The number of amides is 1. The molecule has 27 heavy (non-hydrogen) atoms. The van der Waals surface area contributed by atoms with Crippen LogP contribution in [0.2, 0.25) is 0 Å². The molecular weight excluding hydrogens is 343 g/mol. The first-order valence-corrected chi connectivity index (χ1v) is 9.24. The van der Waals surface area contributed by atoms with E-state index in [2.05, 4.69) is 15.0 Å². The van der Waals surface area contributed by atoms with Gasteiger partial charge >= 0.3 is 0 Å². The predicted molar refractivity (Wildman–Crippen MR) is 101 cm³/mol. The fourth-order valence-corrected chi connectivity index (χ4v) is 3.54. The lowest BCUT2D eigenvalue weighted by molar-refractivity contribution is 0.0950. The number of hydrogen-bond acceptors (Lipinski definition) is 3. The van der Waals surface area contributed by atoms with Crippen LogP contribution in [0.1, 0.15) is 47.8 Å². The lowest BCUT2D eigenvalue weighted by Gasteiger charge is -2.13. The summed E-state index contributed by atoms with van der Waals surface area (Å²) in [4.78, 5) is 16.7. The molecule has 0 atom stereocenters. The number of aromatic nitrogens is 3. The van der Waals surface area contributed by atoms with Crippen LogP contribution in [0.4, 0.5) is 4.39 Å². The fraction of sp³-hybridized carbons (Fsp3) is 0.286. The molecule has 1 aliphatic carbocycles. The number of benzene rings is 1. The zero-order chi connectivity index (χ0) is 18.6. The molecule has 3 aromatic rings. The van der Waals surface area contributed by atoms with Gasteiger partial charge in [-0.3, -0.25) is 14.5 Å². The van der Waals surface area contributed by atoms with Crippen LogP contribution in [0.15, 0.2) is 54.7 Å². The Morgan fingerprint density at radius 3 is 2.63 bits per heavy atom. The van der Waals surface area contributed by atoms with Crippen molar-refractivity contribution in [2.75, 3.05) is 0 Å². The molecule has 5 nitrogen and oxygen atoms in total. The maximum absolute atomic E-state index is 13.0. The molecule has 0 radical (unpaired) electrons. The van der Waals surface area contributed by atoms with Crippen LogP contribution in [0.5, 0.6) is 0 Å². The van der Waals surface area contributed by atoms with Crippen molar-refractivity contribution in [3.63, 3.8) is 0 Å². The van der Waals surface area contributed by atoms with E-state index in [1.807, 2.05) is 24.3 Å². The summed E-state index contributed by atoms with van der Waals surface area (Å²) in [5.74, 6) is -0.605. The average Bonchev–Trinajstić information content (AvgIpc) is 3.37. The van der Waals surface area contributed by atoms with E-state index >= 15 is 0 Å². The van der Waals surface area contributed by atoms with Crippen molar-refractivity contribution in [2.24, 2.45) is 0 Å². The molecule has 6 heteroatoms. The van der Waals surface area contributed by atoms with Gasteiger partial charge in [-0.1, -0.05) is 18.9 Å². The molecule has 0 spiro atoms.